The summed E-state index contributed by atoms with van der Waals surface area (Å²) in [6.45, 7) is 2.95. The molecular formula is C17H25ClO6. The van der Waals surface area contributed by atoms with Crippen molar-refractivity contribution in [1.82, 2.24) is 0 Å². The highest BCUT2D eigenvalue weighted by Crippen LogP contribution is 2.08. The number of hydrogen-bond acceptors (Lipinski definition) is 6. The van der Waals surface area contributed by atoms with E-state index in [-0.39, 0.29) is 74.5 Å². The smallest absolute Gasteiger partial charge is 0.307 e. The highest BCUT2D eigenvalue weighted by Gasteiger charge is 2.12. The second-order valence-electron chi connectivity index (χ2n) is 5.70. The first-order valence-corrected chi connectivity index (χ1v) is 8.52. The van der Waals surface area contributed by atoms with Crippen molar-refractivity contribution in [3.8, 4) is 0 Å². The number of carbonyl (C=O) groups is 5. The van der Waals surface area contributed by atoms with E-state index in [0.29, 0.717) is 6.42 Å². The van der Waals surface area contributed by atoms with Gasteiger partial charge in [0.2, 0.25) is 0 Å². The van der Waals surface area contributed by atoms with Crippen LogP contribution in [-0.4, -0.2) is 34.7 Å². The van der Waals surface area contributed by atoms with Crippen LogP contribution in [0.2, 0.25) is 0 Å². The molecule has 0 spiro atoms. The summed E-state index contributed by atoms with van der Waals surface area (Å²) in [5, 5.41) is 0. The molecule has 0 radical (unpaired) electrons. The number of halogens is 1. The van der Waals surface area contributed by atoms with Gasteiger partial charge in [-0.1, -0.05) is 11.6 Å². The molecule has 1 atom stereocenters. The van der Waals surface area contributed by atoms with Crippen LogP contribution >= 0.6 is 11.6 Å². The molecule has 0 amide bonds. The van der Waals surface area contributed by atoms with E-state index >= 15 is 0 Å². The molecular weight excluding hydrogens is 336 g/mol. The summed E-state index contributed by atoms with van der Waals surface area (Å²) in [4.78, 5) is 56.7. The van der Waals surface area contributed by atoms with E-state index < -0.39 is 11.5 Å². The molecule has 7 heteroatoms. The molecule has 1 unspecified atom stereocenters. The third-order valence-electron chi connectivity index (χ3n) is 3.25. The third kappa shape index (κ3) is 14.1. The van der Waals surface area contributed by atoms with E-state index in [4.69, 9.17) is 16.3 Å². The number of esters is 1. The predicted octanol–water partition coefficient (Wildman–Crippen LogP) is 2.92. The van der Waals surface area contributed by atoms with Crippen LogP contribution in [0.1, 0.15) is 71.6 Å². The summed E-state index contributed by atoms with van der Waals surface area (Å²) in [5.74, 6) is -0.861. The number of ether oxygens (including phenoxy) is 1. The zero-order chi connectivity index (χ0) is 18.5. The van der Waals surface area contributed by atoms with Gasteiger partial charge >= 0.3 is 5.97 Å². The van der Waals surface area contributed by atoms with Crippen LogP contribution in [-0.2, 0) is 28.7 Å². The van der Waals surface area contributed by atoms with E-state index in [0.717, 1.165) is 0 Å². The third-order valence-corrected chi connectivity index (χ3v) is 3.34. The molecule has 0 saturated heterocycles. The van der Waals surface area contributed by atoms with Crippen LogP contribution in [0.25, 0.3) is 0 Å². The molecule has 24 heavy (non-hydrogen) atoms. The maximum Gasteiger partial charge on any atom is 0.307 e. The van der Waals surface area contributed by atoms with Crippen LogP contribution in [0.4, 0.5) is 0 Å². The van der Waals surface area contributed by atoms with Crippen LogP contribution in [0, 0.1) is 0 Å². The van der Waals surface area contributed by atoms with Crippen LogP contribution in [0.5, 0.6) is 0 Å². The Morgan fingerprint density at radius 2 is 1.17 bits per heavy atom. The standard InChI is InChI=1S/C17H25ClO6/c1-12(19)6-7-15(21)10-11-16(22)9-8-14(20)4-3-5-17(23)24-13(2)18/h13H,3-11H2,1-2H3. The molecule has 6 nitrogen and oxygen atoms in total. The fourth-order valence-corrected chi connectivity index (χ4v) is 2.02. The topological polar surface area (TPSA) is 94.6 Å². The van der Waals surface area contributed by atoms with Gasteiger partial charge in [0.05, 0.1) is 0 Å². The predicted molar refractivity (Wildman–Crippen MR) is 88.7 cm³/mol. The minimum absolute atomic E-state index is 0.0512. The second kappa shape index (κ2) is 12.8. The molecule has 0 N–H and O–H groups in total. The molecule has 0 saturated carbocycles. The van der Waals surface area contributed by atoms with Gasteiger partial charge in [0.25, 0.3) is 0 Å². The number of carbonyl (C=O) groups excluding carboxylic acids is 5. The molecule has 136 valence electrons. The van der Waals surface area contributed by atoms with Crippen LogP contribution in [0.3, 0.4) is 0 Å². The summed E-state index contributed by atoms with van der Waals surface area (Å²) in [6.07, 6.45) is 1.47. The summed E-state index contributed by atoms with van der Waals surface area (Å²) in [5.41, 5.74) is -0.691. The molecule has 0 aliphatic carbocycles. The number of Topliss-reactive ketones (excluding diaryl/α,β-unsaturated/α-hetero) is 4. The molecule has 0 heterocycles. The lowest BCUT2D eigenvalue weighted by atomic mass is 10.0. The number of hydrogen-bond donors (Lipinski definition) is 0. The number of ketones is 4. The lowest BCUT2D eigenvalue weighted by Crippen LogP contribution is -2.10. The van der Waals surface area contributed by atoms with Gasteiger partial charge in [-0.05, 0) is 20.3 Å². The highest BCUT2D eigenvalue weighted by molar-refractivity contribution is 6.19. The monoisotopic (exact) mass is 360 g/mol. The minimum atomic E-state index is -0.691. The van der Waals surface area contributed by atoms with Crippen molar-refractivity contribution in [2.45, 2.75) is 77.2 Å². The highest BCUT2D eigenvalue weighted by atomic mass is 35.5. The summed E-state index contributed by atoms with van der Waals surface area (Å²) >= 11 is 5.50. The summed E-state index contributed by atoms with van der Waals surface area (Å²) in [7, 11) is 0. The van der Waals surface area contributed by atoms with E-state index in [1.54, 1.807) is 0 Å². The average molecular weight is 361 g/mol. The Morgan fingerprint density at radius 1 is 0.750 bits per heavy atom. The first kappa shape index (κ1) is 22.4. The zero-order valence-corrected chi connectivity index (χ0v) is 15.0. The first-order valence-electron chi connectivity index (χ1n) is 8.08. The number of alkyl halides is 1. The van der Waals surface area contributed by atoms with Crippen molar-refractivity contribution in [2.24, 2.45) is 0 Å². The molecule has 0 bridgehead atoms. The summed E-state index contributed by atoms with van der Waals surface area (Å²) < 4.78 is 4.73. The van der Waals surface area contributed by atoms with Crippen molar-refractivity contribution in [1.29, 1.82) is 0 Å². The van der Waals surface area contributed by atoms with Gasteiger partial charge in [0.1, 0.15) is 23.1 Å². The fourth-order valence-electron chi connectivity index (χ4n) is 1.92. The quantitative estimate of drug-likeness (QED) is 0.349. The van der Waals surface area contributed by atoms with Gasteiger partial charge in [-0.25, -0.2) is 0 Å². The van der Waals surface area contributed by atoms with Crippen LogP contribution in [0.15, 0.2) is 0 Å². The van der Waals surface area contributed by atoms with Gasteiger partial charge in [0, 0.05) is 51.4 Å². The Hall–Kier alpha value is -1.56. The Labute approximate surface area is 147 Å². The molecule has 0 rings (SSSR count). The molecule has 0 aromatic rings. The molecule has 0 aliphatic rings. The van der Waals surface area contributed by atoms with Gasteiger partial charge in [-0.15, -0.1) is 0 Å². The molecule has 0 aromatic heterocycles. The van der Waals surface area contributed by atoms with E-state index in [1.165, 1.54) is 13.8 Å². The van der Waals surface area contributed by atoms with E-state index in [2.05, 4.69) is 0 Å². The fraction of sp³-hybridized carbons (Fsp3) is 0.706. The summed E-state index contributed by atoms with van der Waals surface area (Å²) in [6, 6.07) is 0. The second-order valence-corrected chi connectivity index (χ2v) is 6.32. The molecule has 0 aliphatic heterocycles. The van der Waals surface area contributed by atoms with E-state index in [9.17, 15) is 24.0 Å². The Morgan fingerprint density at radius 3 is 1.58 bits per heavy atom. The normalized spacial score (nSPS) is 11.6. The van der Waals surface area contributed by atoms with Gasteiger partial charge < -0.3 is 9.53 Å². The maximum absolute atomic E-state index is 11.6. The van der Waals surface area contributed by atoms with Crippen molar-refractivity contribution >= 4 is 40.7 Å². The minimum Gasteiger partial charge on any atom is -0.446 e. The maximum atomic E-state index is 11.6. The Bertz CT molecular complexity index is 470. The van der Waals surface area contributed by atoms with Crippen molar-refractivity contribution in [2.75, 3.05) is 0 Å². The van der Waals surface area contributed by atoms with Gasteiger partial charge in [0.15, 0.2) is 5.56 Å². The van der Waals surface area contributed by atoms with Gasteiger partial charge in [-0.3, -0.25) is 19.2 Å². The van der Waals surface area contributed by atoms with Crippen molar-refractivity contribution < 1.29 is 28.7 Å². The number of rotatable bonds is 14. The van der Waals surface area contributed by atoms with E-state index in [1.807, 2.05) is 0 Å². The van der Waals surface area contributed by atoms with Crippen LogP contribution < -0.4 is 0 Å². The molecule has 0 aromatic carbocycles. The SMILES string of the molecule is CC(=O)CCC(=O)CCC(=O)CCC(=O)CCCC(=O)OC(C)Cl. The Balaban J connectivity index is 3.75. The lowest BCUT2D eigenvalue weighted by molar-refractivity contribution is -0.145. The zero-order valence-electron chi connectivity index (χ0n) is 14.3. The molecule has 0 fully saturated rings. The Kier molecular flexibility index (Phi) is 12.0. The average Bonchev–Trinajstić information content (AvgIpc) is 2.48. The first-order chi connectivity index (χ1) is 11.2. The van der Waals surface area contributed by atoms with Crippen molar-refractivity contribution in [3.63, 3.8) is 0 Å². The van der Waals surface area contributed by atoms with Gasteiger partial charge in [-0.2, -0.15) is 0 Å². The van der Waals surface area contributed by atoms with Crippen molar-refractivity contribution in [3.05, 3.63) is 0 Å². The lowest BCUT2D eigenvalue weighted by Gasteiger charge is -2.05. The largest absolute Gasteiger partial charge is 0.446 e.